The fourth-order valence-electron chi connectivity index (χ4n) is 10.3. The van der Waals surface area contributed by atoms with Crippen molar-refractivity contribution in [1.29, 1.82) is 0 Å². The molecule has 2 saturated carbocycles. The van der Waals surface area contributed by atoms with Crippen LogP contribution in [0.5, 0.6) is 0 Å². The van der Waals surface area contributed by atoms with Gasteiger partial charge in [0.1, 0.15) is 0 Å². The lowest BCUT2D eigenvalue weighted by molar-refractivity contribution is 0.327. The smallest absolute Gasteiger partial charge is 0.0540 e. The van der Waals surface area contributed by atoms with E-state index < -0.39 is 0 Å². The van der Waals surface area contributed by atoms with Crippen LogP contribution in [-0.4, -0.2) is 0 Å². The summed E-state index contributed by atoms with van der Waals surface area (Å²) in [5, 5.41) is 2.62. The maximum absolute atomic E-state index is 2.46. The number of fused-ring (bicyclic) bond motifs is 11. The predicted octanol–water partition coefficient (Wildman–Crippen LogP) is 13.9. The lowest BCUT2D eigenvalue weighted by Crippen LogP contribution is -2.31. The Balaban J connectivity index is 1.07. The number of anilines is 3. The number of rotatable bonds is 5. The zero-order valence-corrected chi connectivity index (χ0v) is 29.2. The van der Waals surface area contributed by atoms with Gasteiger partial charge in [-0.1, -0.05) is 128 Å². The number of nitrogens with zero attached hydrogens (tertiary/aromatic N) is 1. The Morgan fingerprint density at radius 3 is 2.04 bits per heavy atom. The van der Waals surface area contributed by atoms with Gasteiger partial charge in [-0.15, -0.1) is 11.3 Å². The van der Waals surface area contributed by atoms with Crippen molar-refractivity contribution in [2.24, 2.45) is 11.8 Å². The van der Waals surface area contributed by atoms with Crippen LogP contribution in [0.1, 0.15) is 36.8 Å². The van der Waals surface area contributed by atoms with E-state index in [4.69, 9.17) is 0 Å². The molecule has 2 bridgehead atoms. The molecule has 3 atom stereocenters. The zero-order valence-electron chi connectivity index (χ0n) is 28.4. The Morgan fingerprint density at radius 2 is 1.20 bits per heavy atom. The Kier molecular flexibility index (Phi) is 6.48. The van der Waals surface area contributed by atoms with Gasteiger partial charge in [0.2, 0.25) is 0 Å². The molecule has 11 rings (SSSR count). The molecule has 0 amide bonds. The van der Waals surface area contributed by atoms with Crippen LogP contribution in [0.25, 0.3) is 53.6 Å². The average molecular weight is 672 g/mol. The van der Waals surface area contributed by atoms with E-state index in [2.05, 4.69) is 169 Å². The van der Waals surface area contributed by atoms with Gasteiger partial charge in [0, 0.05) is 42.5 Å². The van der Waals surface area contributed by atoms with E-state index in [1.165, 1.54) is 84.9 Å². The topological polar surface area (TPSA) is 3.24 Å². The van der Waals surface area contributed by atoms with Crippen molar-refractivity contribution < 1.29 is 0 Å². The highest BCUT2D eigenvalue weighted by atomic mass is 32.1. The summed E-state index contributed by atoms with van der Waals surface area (Å²) < 4.78 is 2.65. The summed E-state index contributed by atoms with van der Waals surface area (Å²) in [6.45, 7) is 0. The highest BCUT2D eigenvalue weighted by molar-refractivity contribution is 7.25. The first kappa shape index (κ1) is 29.3. The van der Waals surface area contributed by atoms with E-state index in [9.17, 15) is 0 Å². The number of para-hydroxylation sites is 1. The molecule has 51 heavy (non-hydrogen) atoms. The van der Waals surface area contributed by atoms with Crippen molar-refractivity contribution in [3.05, 3.63) is 175 Å². The van der Waals surface area contributed by atoms with Crippen LogP contribution >= 0.6 is 11.3 Å². The van der Waals surface area contributed by atoms with Crippen molar-refractivity contribution in [2.45, 2.75) is 31.1 Å². The predicted molar refractivity (Wildman–Crippen MR) is 217 cm³/mol. The van der Waals surface area contributed by atoms with Gasteiger partial charge in [-0.2, -0.15) is 0 Å². The van der Waals surface area contributed by atoms with Crippen molar-refractivity contribution in [3.63, 3.8) is 0 Å². The summed E-state index contributed by atoms with van der Waals surface area (Å²) in [5.41, 5.74) is 14.8. The van der Waals surface area contributed by atoms with Crippen molar-refractivity contribution in [1.82, 2.24) is 0 Å². The molecular weight excluding hydrogens is 635 g/mol. The molecule has 1 nitrogen and oxygen atoms in total. The molecule has 3 aliphatic carbocycles. The second-order valence-corrected chi connectivity index (χ2v) is 16.0. The molecule has 1 spiro atoms. The SMILES string of the molecule is c1ccc(-c2ccccc2N(c2ccc(-c3cccc4c3-c3ccccc3C43CC4CCC3C4)cc2)c2ccc3sc4ccccc4c3c2)cc1. The first-order valence-electron chi connectivity index (χ1n) is 18.5. The molecule has 244 valence electrons. The second-order valence-electron chi connectivity index (χ2n) is 14.9. The minimum absolute atomic E-state index is 0.188. The zero-order chi connectivity index (χ0) is 33.5. The second kappa shape index (κ2) is 11.3. The Hall–Kier alpha value is -5.44. The number of hydrogen-bond donors (Lipinski definition) is 0. The quantitative estimate of drug-likeness (QED) is 0.176. The van der Waals surface area contributed by atoms with E-state index in [1.807, 2.05) is 11.3 Å². The lowest BCUT2D eigenvalue weighted by atomic mass is 9.66. The van der Waals surface area contributed by atoms with Crippen LogP contribution in [0.4, 0.5) is 17.1 Å². The standard InChI is InChI=1S/C49H37NS/c1-2-11-33(12-3-1)38-13-5-8-19-45(38)50(37-27-28-47-42(30-37)40-14-6-9-20-46(40)51-47)36-25-22-34(23-26-36)39-16-10-18-44-48(39)41-15-4-7-17-43(41)49(44)31-32-21-24-35(49)29-32/h1-20,22-23,25-28,30,32,35H,21,24,29,31H2. The number of hydrogen-bond acceptors (Lipinski definition) is 2. The Morgan fingerprint density at radius 1 is 0.510 bits per heavy atom. The molecule has 0 aliphatic heterocycles. The van der Waals surface area contributed by atoms with E-state index in [1.54, 1.807) is 11.1 Å². The molecule has 0 radical (unpaired) electrons. The van der Waals surface area contributed by atoms with Gasteiger partial charge in [-0.25, -0.2) is 0 Å². The third-order valence-corrected chi connectivity index (χ3v) is 13.5. The van der Waals surface area contributed by atoms with Crippen LogP contribution < -0.4 is 4.90 Å². The normalized spacial score (nSPS) is 19.9. The van der Waals surface area contributed by atoms with Gasteiger partial charge < -0.3 is 4.90 Å². The minimum Gasteiger partial charge on any atom is -0.310 e. The molecule has 1 aromatic heterocycles. The average Bonchev–Trinajstić information content (AvgIpc) is 3.97. The highest BCUT2D eigenvalue weighted by Crippen LogP contribution is 2.66. The Labute approximate surface area is 303 Å². The molecule has 8 aromatic rings. The van der Waals surface area contributed by atoms with Crippen molar-refractivity contribution in [3.8, 4) is 33.4 Å². The van der Waals surface area contributed by atoms with Crippen LogP contribution in [0.3, 0.4) is 0 Å². The van der Waals surface area contributed by atoms with E-state index in [-0.39, 0.29) is 5.41 Å². The first-order chi connectivity index (χ1) is 25.3. The molecule has 3 aliphatic rings. The Bertz CT molecular complexity index is 2610. The fourth-order valence-corrected chi connectivity index (χ4v) is 11.4. The molecule has 0 saturated heterocycles. The summed E-state index contributed by atoms with van der Waals surface area (Å²) in [6.07, 6.45) is 5.47. The van der Waals surface area contributed by atoms with E-state index in [0.717, 1.165) is 23.2 Å². The number of thiophene rings is 1. The summed E-state index contributed by atoms with van der Waals surface area (Å²) >= 11 is 1.87. The van der Waals surface area contributed by atoms with Crippen LogP contribution in [0, 0.1) is 11.8 Å². The molecule has 7 aromatic carbocycles. The third kappa shape index (κ3) is 4.33. The van der Waals surface area contributed by atoms with E-state index >= 15 is 0 Å². The molecule has 2 heteroatoms. The third-order valence-electron chi connectivity index (χ3n) is 12.4. The fraction of sp³-hybridized carbons (Fsp3) is 0.143. The van der Waals surface area contributed by atoms with Gasteiger partial charge in [0.05, 0.1) is 5.69 Å². The number of benzene rings is 7. The van der Waals surface area contributed by atoms with Gasteiger partial charge in [-0.3, -0.25) is 0 Å². The monoisotopic (exact) mass is 671 g/mol. The van der Waals surface area contributed by atoms with E-state index in [0.29, 0.717) is 0 Å². The lowest BCUT2D eigenvalue weighted by Gasteiger charge is -2.36. The largest absolute Gasteiger partial charge is 0.310 e. The van der Waals surface area contributed by atoms with Crippen molar-refractivity contribution in [2.75, 3.05) is 4.90 Å². The van der Waals surface area contributed by atoms with Gasteiger partial charge in [0.25, 0.3) is 0 Å². The highest BCUT2D eigenvalue weighted by Gasteiger charge is 2.56. The molecule has 3 unspecified atom stereocenters. The summed E-state index contributed by atoms with van der Waals surface area (Å²) in [7, 11) is 0. The molecule has 0 N–H and O–H groups in total. The van der Waals surface area contributed by atoms with Crippen LogP contribution in [0.2, 0.25) is 0 Å². The van der Waals surface area contributed by atoms with Crippen molar-refractivity contribution >= 4 is 48.6 Å². The van der Waals surface area contributed by atoms with Gasteiger partial charge in [-0.05, 0) is 113 Å². The molecule has 1 heterocycles. The minimum atomic E-state index is 0.188. The summed E-state index contributed by atoms with van der Waals surface area (Å²) in [4.78, 5) is 2.45. The summed E-state index contributed by atoms with van der Waals surface area (Å²) in [5.74, 6) is 1.63. The maximum Gasteiger partial charge on any atom is 0.0540 e. The van der Waals surface area contributed by atoms with Gasteiger partial charge in [0.15, 0.2) is 0 Å². The first-order valence-corrected chi connectivity index (χ1v) is 19.3. The van der Waals surface area contributed by atoms with Gasteiger partial charge >= 0.3 is 0 Å². The van der Waals surface area contributed by atoms with Crippen LogP contribution in [-0.2, 0) is 5.41 Å². The summed E-state index contributed by atoms with van der Waals surface area (Å²) in [6, 6.07) is 61.3. The van der Waals surface area contributed by atoms with Crippen LogP contribution in [0.15, 0.2) is 164 Å². The molecule has 2 fully saturated rings. The maximum atomic E-state index is 2.46. The molecular formula is C49H37NS.